The molecule has 2 heterocycles. The smallest absolute Gasteiger partial charge is 0.347 e. The van der Waals surface area contributed by atoms with Crippen LogP contribution in [0.4, 0.5) is 0 Å². The molecule has 14 aliphatic carbocycles. The predicted molar refractivity (Wildman–Crippen MR) is 356 cm³/mol. The second-order valence-electron chi connectivity index (χ2n) is 31.6. The van der Waals surface area contributed by atoms with Gasteiger partial charge < -0.3 is 47.7 Å². The Balaban J connectivity index is 0.000000148. The molecule has 0 amide bonds. The molecule has 16 rings (SSSR count). The van der Waals surface area contributed by atoms with Crippen molar-refractivity contribution in [3.63, 3.8) is 0 Å². The Labute approximate surface area is 582 Å². The largest absolute Gasteiger partial charge is 0.463 e. The van der Waals surface area contributed by atoms with E-state index in [1.165, 1.54) is 91.4 Å². The summed E-state index contributed by atoms with van der Waals surface area (Å²) in [4.78, 5) is 115. The van der Waals surface area contributed by atoms with Crippen LogP contribution in [0.15, 0.2) is 60.8 Å². The maximum atomic E-state index is 12.4. The van der Waals surface area contributed by atoms with E-state index in [1.807, 2.05) is 0 Å². The number of hydrogen-bond donors (Lipinski definition) is 1. The zero-order chi connectivity index (χ0) is 72.3. The van der Waals surface area contributed by atoms with Crippen LogP contribution >= 0.6 is 0 Å². The lowest BCUT2D eigenvalue weighted by Crippen LogP contribution is -2.60. The van der Waals surface area contributed by atoms with Crippen molar-refractivity contribution in [2.75, 3.05) is 33.0 Å². The monoisotopic (exact) mass is 1400 g/mol. The third-order valence-corrected chi connectivity index (χ3v) is 25.4. The summed E-state index contributed by atoms with van der Waals surface area (Å²) in [6, 6.07) is 0. The number of ketones is 1. The summed E-state index contributed by atoms with van der Waals surface area (Å²) >= 11 is 0. The SMILES string of the molecule is C=C(C)C(=O)OC1(CC)C2CC3CC(C2)CC1C3.C=C(C)C(=O)OC12CC3CC(CC(O)(C3)C1)C2.C=C(C)C(=O)OC1CCOC1=O.C=C(C)C(=O)OCC(=O)OCC(=O)CC1(C)C2CC3CC(C2)CC1C3.C=C(C)C(=O)OCCOC(=O)CCC(=O)OC1C2CC3C1OS(=O)(=O)C3C2. The van der Waals surface area contributed by atoms with Gasteiger partial charge in [0.25, 0.3) is 10.1 Å². The molecule has 2 aliphatic heterocycles. The lowest BCUT2D eigenvalue weighted by molar-refractivity contribution is -0.217. The molecule has 0 aromatic rings. The minimum atomic E-state index is -3.56. The summed E-state index contributed by atoms with van der Waals surface area (Å²) in [5.74, 6) is 2.39. The number of carbonyl (C=O) groups excluding carboxylic acids is 10. The molecular weight excluding hydrogens is 1300 g/mol. The first-order valence-corrected chi connectivity index (χ1v) is 37.1. The van der Waals surface area contributed by atoms with Crippen molar-refractivity contribution in [3.8, 4) is 0 Å². The number of cyclic esters (lactones) is 1. The number of aliphatic hydroxyl groups is 1. The second kappa shape index (κ2) is 31.4. The van der Waals surface area contributed by atoms with E-state index in [4.69, 9.17) is 42.1 Å². The van der Waals surface area contributed by atoms with Gasteiger partial charge in [0, 0.05) is 59.0 Å². The van der Waals surface area contributed by atoms with Crippen LogP contribution in [0.3, 0.4) is 0 Å². The van der Waals surface area contributed by atoms with Gasteiger partial charge in [-0.3, -0.25) is 18.6 Å². The first-order chi connectivity index (χ1) is 46.5. The molecule has 8 atom stereocenters. The van der Waals surface area contributed by atoms with Gasteiger partial charge in [0.1, 0.15) is 43.2 Å². The molecule has 14 bridgehead atoms. The molecule has 16 fully saturated rings. The summed E-state index contributed by atoms with van der Waals surface area (Å²) in [6.07, 6.45) is 19.2. The van der Waals surface area contributed by atoms with Crippen LogP contribution in [-0.4, -0.2) is 146 Å². The number of esters is 9. The van der Waals surface area contributed by atoms with E-state index in [0.29, 0.717) is 85.4 Å². The number of rotatable bonds is 22. The van der Waals surface area contributed by atoms with Crippen LogP contribution in [0, 0.1) is 76.4 Å². The van der Waals surface area contributed by atoms with E-state index in [9.17, 15) is 61.5 Å². The van der Waals surface area contributed by atoms with Crippen LogP contribution in [-0.2, 0) is 105 Å². The van der Waals surface area contributed by atoms with Crippen molar-refractivity contribution in [1.29, 1.82) is 0 Å². The van der Waals surface area contributed by atoms with Crippen molar-refractivity contribution in [2.24, 2.45) is 76.4 Å². The van der Waals surface area contributed by atoms with Crippen molar-refractivity contribution in [3.05, 3.63) is 60.8 Å². The number of fused-ring (bicyclic) bond motifs is 1. The molecule has 0 aromatic heterocycles. The average molecular weight is 1410 g/mol. The Kier molecular flexibility index (Phi) is 24.3. The van der Waals surface area contributed by atoms with E-state index in [-0.39, 0.29) is 90.0 Å². The first kappa shape index (κ1) is 76.6. The molecule has 24 heteroatoms. The Morgan fingerprint density at radius 2 is 1.04 bits per heavy atom. The van der Waals surface area contributed by atoms with Gasteiger partial charge in [-0.1, -0.05) is 46.7 Å². The van der Waals surface area contributed by atoms with Crippen LogP contribution < -0.4 is 0 Å². The molecule has 0 aromatic carbocycles. The third kappa shape index (κ3) is 18.2. The van der Waals surface area contributed by atoms with E-state index >= 15 is 0 Å². The molecule has 99 heavy (non-hydrogen) atoms. The molecule has 8 unspecified atom stereocenters. The molecular formula is C75H104O23S. The van der Waals surface area contributed by atoms with Crippen molar-refractivity contribution >= 4 is 69.6 Å². The summed E-state index contributed by atoms with van der Waals surface area (Å²) < 4.78 is 74.6. The zero-order valence-electron chi connectivity index (χ0n) is 58.9. The molecule has 0 radical (unpaired) electrons. The van der Waals surface area contributed by atoms with E-state index in [0.717, 1.165) is 55.8 Å². The summed E-state index contributed by atoms with van der Waals surface area (Å²) in [5.41, 5.74) is 0.675. The van der Waals surface area contributed by atoms with Crippen molar-refractivity contribution in [2.45, 2.75) is 237 Å². The highest BCUT2D eigenvalue weighted by Gasteiger charge is 2.66. The lowest BCUT2D eigenvalue weighted by Gasteiger charge is -2.60. The van der Waals surface area contributed by atoms with Crippen molar-refractivity contribution < 1.29 is 108 Å². The molecule has 548 valence electrons. The highest BCUT2D eigenvalue weighted by molar-refractivity contribution is 7.87. The topological polar surface area (TPSA) is 317 Å². The summed E-state index contributed by atoms with van der Waals surface area (Å²) in [7, 11) is -3.56. The molecule has 23 nitrogen and oxygen atoms in total. The number of ether oxygens (including phenoxy) is 9. The minimum absolute atomic E-state index is 0.0128. The number of carbonyl (C=O) groups is 10. The first-order valence-electron chi connectivity index (χ1n) is 35.6. The van der Waals surface area contributed by atoms with Gasteiger partial charge in [-0.25, -0.2) is 33.6 Å². The fourth-order valence-corrected chi connectivity index (χ4v) is 21.7. The Morgan fingerprint density at radius 1 is 0.545 bits per heavy atom. The molecule has 14 saturated carbocycles. The van der Waals surface area contributed by atoms with E-state index in [2.05, 4.69) is 51.5 Å². The Bertz CT molecular complexity index is 3250. The predicted octanol–water partition coefficient (Wildman–Crippen LogP) is 9.87. The van der Waals surface area contributed by atoms with Crippen LogP contribution in [0.2, 0.25) is 0 Å². The molecule has 0 spiro atoms. The second-order valence-corrected chi connectivity index (χ2v) is 33.4. The quantitative estimate of drug-likeness (QED) is 0.0346. The van der Waals surface area contributed by atoms with Gasteiger partial charge in [-0.05, 0) is 215 Å². The average Bonchev–Trinajstić information content (AvgIpc) is 1.70. The summed E-state index contributed by atoms with van der Waals surface area (Å²) in [5, 5.41) is 10.0. The van der Waals surface area contributed by atoms with Gasteiger partial charge >= 0.3 is 53.7 Å². The standard InChI is InChI=1S/C20H28O5.C17H22O9S.C16H24O2.C14H20O3.C8H10O4/c1-12(2)19(23)25-11-18(22)24-10-17(21)9-20(3)15-5-13-4-14(7-15)8-16(20)6-13;1-9(2)17(20)24-6-5-23-13(18)3-4-14(19)25-15-10-7-11-12(8-10)27(21,22)26-16(11)15;1-4-16(18-15(17)10(2)3)13-6-11-5-12(8-13)9-14(16)7-11;1-9(2)12(15)17-14-6-10-3-11(7-14)5-13(16,4-10)8-14;1-5(2)7(9)12-6-3-4-11-8(6)10/h13-16H,1,4-11H2,2-3H3;10-12,15-16H,1,3-8H2,2H3;11-14H,2,4-9H2,1,3H3;10-11,16H,1,3-8H2,2H3;6H,1,3-4H2,2H3. The van der Waals surface area contributed by atoms with Gasteiger partial charge in [-0.15, -0.1) is 0 Å². The number of Topliss-reactive ketones (excluding diaryl/α,β-unsaturated/α-hetero) is 1. The van der Waals surface area contributed by atoms with Gasteiger partial charge in [0.15, 0.2) is 12.4 Å². The highest BCUT2D eigenvalue weighted by atomic mass is 32.2. The van der Waals surface area contributed by atoms with Gasteiger partial charge in [-0.2, -0.15) is 8.42 Å². The van der Waals surface area contributed by atoms with Gasteiger partial charge in [0.05, 0.1) is 30.3 Å². The molecule has 16 aliphatic rings. The third-order valence-electron chi connectivity index (χ3n) is 23.6. The van der Waals surface area contributed by atoms with Gasteiger partial charge in [0.2, 0.25) is 6.10 Å². The maximum absolute atomic E-state index is 12.4. The minimum Gasteiger partial charge on any atom is -0.463 e. The highest BCUT2D eigenvalue weighted by Crippen LogP contribution is 2.64. The zero-order valence-corrected chi connectivity index (χ0v) is 59.7. The normalized spacial score (nSPS) is 36.5. The lowest BCUT2D eigenvalue weighted by atomic mass is 9.45. The fraction of sp³-hybridized carbons (Fsp3) is 0.733. The number of hydrogen-bond acceptors (Lipinski definition) is 23. The van der Waals surface area contributed by atoms with Crippen LogP contribution in [0.25, 0.3) is 0 Å². The van der Waals surface area contributed by atoms with E-state index < -0.39 is 93.3 Å². The van der Waals surface area contributed by atoms with Crippen molar-refractivity contribution in [1.82, 2.24) is 0 Å². The Hall–Kier alpha value is -6.53. The molecule has 2 saturated heterocycles. The maximum Gasteiger partial charge on any atom is 0.347 e. The van der Waals surface area contributed by atoms with E-state index in [1.54, 1.807) is 13.8 Å². The fourth-order valence-electron chi connectivity index (χ4n) is 19.8. The van der Waals surface area contributed by atoms with Crippen LogP contribution in [0.1, 0.15) is 196 Å². The summed E-state index contributed by atoms with van der Waals surface area (Å²) in [6.45, 7) is 29.4. The molecule has 1 N–H and O–H groups in total. The Morgan fingerprint density at radius 3 is 1.55 bits per heavy atom. The van der Waals surface area contributed by atoms with Crippen LogP contribution in [0.5, 0.6) is 0 Å².